The molecule has 11 heteroatoms. The van der Waals surface area contributed by atoms with Crippen LogP contribution in [-0.2, 0) is 20.9 Å². The second-order valence-corrected chi connectivity index (χ2v) is 10.8. The molecule has 0 aliphatic carbocycles. The molecule has 0 aliphatic heterocycles. The average Bonchev–Trinajstić information content (AvgIpc) is 3.04. The number of likely N-dealkylation sites (N-methyl/N-ethyl adjacent to an activating group) is 1. The van der Waals surface area contributed by atoms with Crippen molar-refractivity contribution in [2.75, 3.05) is 38.3 Å². The van der Waals surface area contributed by atoms with Crippen LogP contribution in [-0.4, -0.2) is 56.1 Å². The molecule has 45 heavy (non-hydrogen) atoms. The van der Waals surface area contributed by atoms with Crippen LogP contribution in [0.1, 0.15) is 34.1 Å². The average molecular weight is 650 g/mol. The molecule has 0 aliphatic rings. The van der Waals surface area contributed by atoms with Crippen LogP contribution in [0.3, 0.4) is 0 Å². The minimum absolute atomic E-state index is 0.0589. The van der Waals surface area contributed by atoms with Crippen molar-refractivity contribution in [2.24, 2.45) is 0 Å². The summed E-state index contributed by atoms with van der Waals surface area (Å²) < 4.78 is 11.3. The van der Waals surface area contributed by atoms with E-state index in [2.05, 4.69) is 15.6 Å². The van der Waals surface area contributed by atoms with Crippen LogP contribution in [0, 0.1) is 6.92 Å². The summed E-state index contributed by atoms with van der Waals surface area (Å²) in [5.41, 5.74) is 3.74. The van der Waals surface area contributed by atoms with Crippen molar-refractivity contribution in [1.29, 1.82) is 0 Å². The number of carbonyl (C=O) groups is 3. The van der Waals surface area contributed by atoms with Crippen molar-refractivity contribution in [1.82, 2.24) is 15.6 Å². The number of pyridine rings is 1. The molecule has 234 valence electrons. The van der Waals surface area contributed by atoms with Gasteiger partial charge in [0, 0.05) is 53.5 Å². The first kappa shape index (κ1) is 33.5. The summed E-state index contributed by atoms with van der Waals surface area (Å²) in [7, 11) is 1.57. The number of benzene rings is 3. The van der Waals surface area contributed by atoms with Gasteiger partial charge in [-0.05, 0) is 61.9 Å². The number of aryl methyl sites for hydroxylation is 1. The highest BCUT2D eigenvalue weighted by atomic mass is 35.5. The minimum atomic E-state index is -0.454. The SMILES string of the molecule is CCOCCNC(=O)c1ccc(C=CC(=O)NCC(=O)N(C)c2ccc(Cl)c(COc3cccc4ccc(C)nc34)c2Cl)cc1. The summed E-state index contributed by atoms with van der Waals surface area (Å²) in [4.78, 5) is 43.5. The Morgan fingerprint density at radius 1 is 0.978 bits per heavy atom. The van der Waals surface area contributed by atoms with Crippen molar-refractivity contribution in [3.8, 4) is 5.75 Å². The van der Waals surface area contributed by atoms with E-state index >= 15 is 0 Å². The number of nitrogens with zero attached hydrogens (tertiary/aromatic N) is 2. The van der Waals surface area contributed by atoms with Crippen LogP contribution < -0.4 is 20.3 Å². The summed E-state index contributed by atoms with van der Waals surface area (Å²) in [5.74, 6) is -0.460. The van der Waals surface area contributed by atoms with Crippen LogP contribution in [0.4, 0.5) is 5.69 Å². The molecule has 0 atom stereocenters. The quantitative estimate of drug-likeness (QED) is 0.136. The lowest BCUT2D eigenvalue weighted by molar-refractivity contribution is -0.122. The van der Waals surface area contributed by atoms with Crippen LogP contribution in [0.15, 0.2) is 72.8 Å². The summed E-state index contributed by atoms with van der Waals surface area (Å²) in [6.07, 6.45) is 2.91. The Labute approximate surface area is 272 Å². The lowest BCUT2D eigenvalue weighted by atomic mass is 10.1. The van der Waals surface area contributed by atoms with Crippen molar-refractivity contribution in [3.63, 3.8) is 0 Å². The maximum atomic E-state index is 13.0. The van der Waals surface area contributed by atoms with Gasteiger partial charge < -0.3 is 25.0 Å². The molecule has 3 aromatic carbocycles. The second-order valence-electron chi connectivity index (χ2n) is 10.0. The highest BCUT2D eigenvalue weighted by molar-refractivity contribution is 6.38. The van der Waals surface area contributed by atoms with Gasteiger partial charge >= 0.3 is 0 Å². The molecule has 3 amide bonds. The van der Waals surface area contributed by atoms with E-state index in [1.807, 2.05) is 44.2 Å². The number of ether oxygens (including phenoxy) is 2. The normalized spacial score (nSPS) is 11.0. The number of anilines is 1. The zero-order valence-electron chi connectivity index (χ0n) is 25.2. The summed E-state index contributed by atoms with van der Waals surface area (Å²) in [6.45, 7) is 5.06. The lowest BCUT2D eigenvalue weighted by Crippen LogP contribution is -2.37. The largest absolute Gasteiger partial charge is 0.487 e. The molecule has 0 spiro atoms. The standard InChI is InChI=1S/C34H34Cl2N4O5/c1-4-44-19-18-37-34(43)25-13-9-23(10-14-25)11-17-30(41)38-20-31(42)40(3)28-16-15-27(35)26(32(28)36)21-45-29-7-5-6-24-12-8-22(2)39-33(24)29/h5-17H,4,18-21H2,1-3H3,(H,37,43)(H,38,41). The maximum Gasteiger partial charge on any atom is 0.251 e. The van der Waals surface area contributed by atoms with Crippen molar-refractivity contribution < 1.29 is 23.9 Å². The molecule has 0 unspecified atom stereocenters. The molecular weight excluding hydrogens is 615 g/mol. The molecule has 4 rings (SSSR count). The van der Waals surface area contributed by atoms with Crippen LogP contribution in [0.5, 0.6) is 5.75 Å². The van der Waals surface area contributed by atoms with Crippen molar-refractivity contribution >= 4 is 63.6 Å². The molecule has 0 radical (unpaired) electrons. The van der Waals surface area contributed by atoms with E-state index in [0.29, 0.717) is 47.3 Å². The third-order valence-corrected chi connectivity index (χ3v) is 7.62. The minimum Gasteiger partial charge on any atom is -0.487 e. The molecule has 0 fully saturated rings. The van der Waals surface area contributed by atoms with Crippen LogP contribution >= 0.6 is 23.2 Å². The van der Waals surface area contributed by atoms with Gasteiger partial charge in [0.2, 0.25) is 11.8 Å². The number of aromatic nitrogens is 1. The van der Waals surface area contributed by atoms with Gasteiger partial charge in [0.1, 0.15) is 17.9 Å². The van der Waals surface area contributed by atoms with Crippen molar-refractivity contribution in [3.05, 3.63) is 105 Å². The lowest BCUT2D eigenvalue weighted by Gasteiger charge is -2.21. The summed E-state index contributed by atoms with van der Waals surface area (Å²) in [5, 5.41) is 6.96. The smallest absolute Gasteiger partial charge is 0.251 e. The fourth-order valence-corrected chi connectivity index (χ4v) is 4.94. The Balaban J connectivity index is 1.32. The van der Waals surface area contributed by atoms with E-state index in [0.717, 1.165) is 22.2 Å². The van der Waals surface area contributed by atoms with E-state index in [9.17, 15) is 14.4 Å². The highest BCUT2D eigenvalue weighted by Crippen LogP contribution is 2.35. The fraction of sp³-hybridized carbons (Fsp3) is 0.235. The van der Waals surface area contributed by atoms with Crippen LogP contribution in [0.2, 0.25) is 10.0 Å². The maximum absolute atomic E-state index is 13.0. The molecular formula is C34H34Cl2N4O5. The predicted molar refractivity (Wildman–Crippen MR) is 178 cm³/mol. The molecule has 9 nitrogen and oxygen atoms in total. The third kappa shape index (κ3) is 9.04. The van der Waals surface area contributed by atoms with Gasteiger partial charge in [-0.1, -0.05) is 53.5 Å². The van der Waals surface area contributed by atoms with E-state index in [1.165, 1.54) is 11.0 Å². The first-order valence-corrected chi connectivity index (χ1v) is 15.1. The van der Waals surface area contributed by atoms with Gasteiger partial charge in [0.05, 0.1) is 23.9 Å². The van der Waals surface area contributed by atoms with Crippen molar-refractivity contribution in [2.45, 2.75) is 20.5 Å². The van der Waals surface area contributed by atoms with E-state index in [1.54, 1.807) is 49.5 Å². The highest BCUT2D eigenvalue weighted by Gasteiger charge is 2.19. The predicted octanol–water partition coefficient (Wildman–Crippen LogP) is 5.99. The molecule has 0 saturated heterocycles. The topological polar surface area (TPSA) is 110 Å². The number of fused-ring (bicyclic) bond motifs is 1. The Kier molecular flexibility index (Phi) is 11.9. The monoisotopic (exact) mass is 648 g/mol. The Morgan fingerprint density at radius 2 is 1.76 bits per heavy atom. The van der Waals surface area contributed by atoms with Gasteiger partial charge in [-0.2, -0.15) is 0 Å². The Morgan fingerprint density at radius 3 is 2.51 bits per heavy atom. The zero-order chi connectivity index (χ0) is 32.3. The molecule has 1 heterocycles. The number of rotatable bonds is 13. The number of amides is 3. The molecule has 2 N–H and O–H groups in total. The summed E-state index contributed by atoms with van der Waals surface area (Å²) >= 11 is 13.2. The number of para-hydroxylation sites is 1. The molecule has 4 aromatic rings. The van der Waals surface area contributed by atoms with Gasteiger partial charge in [0.15, 0.2) is 0 Å². The summed E-state index contributed by atoms with van der Waals surface area (Å²) in [6, 6.07) is 19.6. The van der Waals surface area contributed by atoms with Gasteiger partial charge in [-0.15, -0.1) is 0 Å². The van der Waals surface area contributed by atoms with E-state index in [4.69, 9.17) is 32.7 Å². The fourth-order valence-electron chi connectivity index (χ4n) is 4.34. The molecule has 0 bridgehead atoms. The van der Waals surface area contributed by atoms with Gasteiger partial charge in [-0.3, -0.25) is 14.4 Å². The van der Waals surface area contributed by atoms with Gasteiger partial charge in [-0.25, -0.2) is 4.98 Å². The van der Waals surface area contributed by atoms with E-state index < -0.39 is 5.91 Å². The second kappa shape index (κ2) is 16.0. The number of hydrogen-bond acceptors (Lipinski definition) is 6. The third-order valence-electron chi connectivity index (χ3n) is 6.85. The number of hydrogen-bond donors (Lipinski definition) is 2. The first-order valence-electron chi connectivity index (χ1n) is 14.3. The molecule has 1 aromatic heterocycles. The van der Waals surface area contributed by atoms with Gasteiger partial charge in [0.25, 0.3) is 5.91 Å². The van der Waals surface area contributed by atoms with Crippen LogP contribution in [0.25, 0.3) is 17.0 Å². The number of halogens is 2. The zero-order valence-corrected chi connectivity index (χ0v) is 26.7. The Bertz CT molecular complexity index is 1710. The number of carbonyl (C=O) groups excluding carboxylic acids is 3. The first-order chi connectivity index (χ1) is 21.7. The number of nitrogens with one attached hydrogen (secondary N) is 2. The molecule has 0 saturated carbocycles. The Hall–Kier alpha value is -4.44. The van der Waals surface area contributed by atoms with E-state index in [-0.39, 0.29) is 30.0 Å².